The van der Waals surface area contributed by atoms with Crippen LogP contribution in [0.4, 0.5) is 15.8 Å². The van der Waals surface area contributed by atoms with Crippen LogP contribution in [0.15, 0.2) is 42.6 Å². The normalized spacial score (nSPS) is 10.3. The Morgan fingerprint density at radius 1 is 1.19 bits per heavy atom. The number of rotatable bonds is 5. The Bertz CT molecular complexity index is 917. The van der Waals surface area contributed by atoms with Crippen molar-refractivity contribution in [2.75, 3.05) is 11.9 Å². The van der Waals surface area contributed by atoms with E-state index in [0.717, 1.165) is 12.1 Å². The summed E-state index contributed by atoms with van der Waals surface area (Å²) in [6.07, 6.45) is 2.19. The Kier molecular flexibility index (Phi) is 6.46. The number of hydrogen-bond acceptors (Lipinski definition) is 5. The van der Waals surface area contributed by atoms with E-state index >= 15 is 0 Å². The minimum absolute atomic E-state index is 0. The number of aryl methyl sites for hydroxylation is 1. The first-order valence-electron chi connectivity index (χ1n) is 8.04. The van der Waals surface area contributed by atoms with E-state index in [1.807, 2.05) is 26.0 Å². The molecule has 0 saturated carbocycles. The number of anilines is 2. The third kappa shape index (κ3) is 4.26. The average molecular weight is 376 g/mol. The summed E-state index contributed by atoms with van der Waals surface area (Å²) in [6.45, 7) is 4.13. The lowest BCUT2D eigenvalue weighted by molar-refractivity contribution is 0.0506. The summed E-state index contributed by atoms with van der Waals surface area (Å²) in [7, 11) is 0. The predicted molar refractivity (Wildman–Crippen MR) is 102 cm³/mol. The number of halogens is 2. The molecule has 0 aliphatic heterocycles. The highest BCUT2D eigenvalue weighted by Gasteiger charge is 2.18. The third-order valence-corrected chi connectivity index (χ3v) is 3.64. The number of carbonyl (C=O) groups excluding carboxylic acids is 1. The van der Waals surface area contributed by atoms with Crippen molar-refractivity contribution in [2.45, 2.75) is 20.3 Å². The second-order valence-electron chi connectivity index (χ2n) is 5.64. The number of benzene rings is 1. The molecular weight excluding hydrogens is 357 g/mol. The molecule has 0 saturated heterocycles. The second-order valence-corrected chi connectivity index (χ2v) is 5.64. The molecule has 0 spiro atoms. The molecule has 0 fully saturated rings. The summed E-state index contributed by atoms with van der Waals surface area (Å²) in [5, 5.41) is 3.87. The summed E-state index contributed by atoms with van der Waals surface area (Å²) in [4.78, 5) is 21.1. The second kappa shape index (κ2) is 8.58. The molecule has 3 aromatic rings. The molecule has 1 N–H and O–H groups in total. The Hall–Kier alpha value is -2.73. The Labute approximate surface area is 157 Å². The minimum atomic E-state index is -0.457. The molecule has 3 rings (SSSR count). The van der Waals surface area contributed by atoms with Crippen molar-refractivity contribution in [3.63, 3.8) is 0 Å². The Balaban J connectivity index is 0.00000243. The highest BCUT2D eigenvalue weighted by molar-refractivity contribution is 6.05. The maximum absolute atomic E-state index is 13.1. The van der Waals surface area contributed by atoms with Crippen molar-refractivity contribution >= 4 is 40.8 Å². The van der Waals surface area contributed by atoms with Gasteiger partial charge in [0.25, 0.3) is 0 Å². The van der Waals surface area contributed by atoms with Crippen molar-refractivity contribution < 1.29 is 13.9 Å². The number of hydrogen-bond donors (Lipinski definition) is 1. The van der Waals surface area contributed by atoms with Crippen LogP contribution in [0.2, 0.25) is 0 Å². The van der Waals surface area contributed by atoms with Crippen molar-refractivity contribution in [1.29, 1.82) is 0 Å². The topological polar surface area (TPSA) is 64.1 Å². The average Bonchev–Trinajstić information content (AvgIpc) is 2.61. The van der Waals surface area contributed by atoms with E-state index in [1.165, 1.54) is 18.3 Å². The fraction of sp³-hybridized carbons (Fsp3) is 0.211. The minimum Gasteiger partial charge on any atom is -0.462 e. The van der Waals surface area contributed by atoms with Gasteiger partial charge < -0.3 is 10.1 Å². The van der Waals surface area contributed by atoms with Crippen LogP contribution in [0.25, 0.3) is 11.0 Å². The number of esters is 1. The van der Waals surface area contributed by atoms with E-state index in [4.69, 9.17) is 4.74 Å². The van der Waals surface area contributed by atoms with E-state index in [0.29, 0.717) is 34.6 Å². The first-order chi connectivity index (χ1) is 12.1. The van der Waals surface area contributed by atoms with Crippen LogP contribution in [0, 0.1) is 12.7 Å². The van der Waals surface area contributed by atoms with Gasteiger partial charge in [0.05, 0.1) is 12.3 Å². The van der Waals surface area contributed by atoms with Gasteiger partial charge in [0.2, 0.25) is 0 Å². The van der Waals surface area contributed by atoms with E-state index in [-0.39, 0.29) is 18.2 Å². The molecule has 2 aromatic heterocycles. The standard InChI is InChI=1S/C19H18FN3O2.ClH/c1-3-10-25-19(24)16-11-21-18-15(9-4-12(2)22-18)17(16)23-14-7-5-13(20)6-8-14;/h4-9,11H,3,10H2,1-2H3,(H,21,22,23);1H. The van der Waals surface area contributed by atoms with Crippen molar-refractivity contribution in [2.24, 2.45) is 0 Å². The van der Waals surface area contributed by atoms with Gasteiger partial charge in [-0.05, 0) is 49.7 Å². The lowest BCUT2D eigenvalue weighted by atomic mass is 10.1. The smallest absolute Gasteiger partial charge is 0.341 e. The monoisotopic (exact) mass is 375 g/mol. The third-order valence-electron chi connectivity index (χ3n) is 3.64. The summed E-state index contributed by atoms with van der Waals surface area (Å²) >= 11 is 0. The summed E-state index contributed by atoms with van der Waals surface area (Å²) in [5.74, 6) is -0.786. The lowest BCUT2D eigenvalue weighted by Gasteiger charge is -2.14. The molecule has 0 bridgehead atoms. The van der Waals surface area contributed by atoms with Crippen LogP contribution in [0.1, 0.15) is 29.4 Å². The maximum atomic E-state index is 13.1. The van der Waals surface area contributed by atoms with Gasteiger partial charge in [0.1, 0.15) is 11.4 Å². The number of fused-ring (bicyclic) bond motifs is 1. The molecule has 0 radical (unpaired) electrons. The molecule has 7 heteroatoms. The van der Waals surface area contributed by atoms with Crippen molar-refractivity contribution in [3.05, 3.63) is 59.7 Å². The number of pyridine rings is 2. The van der Waals surface area contributed by atoms with Crippen molar-refractivity contribution in [1.82, 2.24) is 9.97 Å². The number of ether oxygens (including phenoxy) is 1. The molecule has 136 valence electrons. The molecule has 0 amide bonds. The quantitative estimate of drug-likeness (QED) is 0.648. The van der Waals surface area contributed by atoms with E-state index < -0.39 is 5.97 Å². The first-order valence-corrected chi connectivity index (χ1v) is 8.04. The highest BCUT2D eigenvalue weighted by Crippen LogP contribution is 2.29. The van der Waals surface area contributed by atoms with Crippen LogP contribution < -0.4 is 5.32 Å². The number of nitrogens with zero attached hydrogens (tertiary/aromatic N) is 2. The zero-order valence-corrected chi connectivity index (χ0v) is 15.3. The number of nitrogens with one attached hydrogen (secondary N) is 1. The largest absolute Gasteiger partial charge is 0.462 e. The van der Waals surface area contributed by atoms with Crippen LogP contribution in [-0.2, 0) is 4.74 Å². The van der Waals surface area contributed by atoms with Crippen LogP contribution in [-0.4, -0.2) is 22.5 Å². The fourth-order valence-corrected chi connectivity index (χ4v) is 2.41. The van der Waals surface area contributed by atoms with Gasteiger partial charge in [0, 0.05) is 23.0 Å². The van der Waals surface area contributed by atoms with Crippen LogP contribution >= 0.6 is 12.4 Å². The molecule has 0 unspecified atom stereocenters. The maximum Gasteiger partial charge on any atom is 0.341 e. The molecule has 0 aliphatic carbocycles. The predicted octanol–water partition coefficient (Wildman–Crippen LogP) is 4.81. The number of aromatic nitrogens is 2. The molecule has 0 aliphatic rings. The van der Waals surface area contributed by atoms with Crippen LogP contribution in [0.5, 0.6) is 0 Å². The molecule has 26 heavy (non-hydrogen) atoms. The molecule has 0 atom stereocenters. The van der Waals surface area contributed by atoms with Gasteiger partial charge in [-0.15, -0.1) is 12.4 Å². The van der Waals surface area contributed by atoms with E-state index in [9.17, 15) is 9.18 Å². The Morgan fingerprint density at radius 3 is 2.62 bits per heavy atom. The van der Waals surface area contributed by atoms with Gasteiger partial charge >= 0.3 is 5.97 Å². The highest BCUT2D eigenvalue weighted by atomic mass is 35.5. The molecule has 2 heterocycles. The zero-order valence-electron chi connectivity index (χ0n) is 14.5. The molecule has 5 nitrogen and oxygen atoms in total. The summed E-state index contributed by atoms with van der Waals surface area (Å²) < 4.78 is 18.4. The van der Waals surface area contributed by atoms with Crippen molar-refractivity contribution in [3.8, 4) is 0 Å². The van der Waals surface area contributed by atoms with E-state index in [2.05, 4.69) is 15.3 Å². The zero-order chi connectivity index (χ0) is 17.8. The van der Waals surface area contributed by atoms with Gasteiger partial charge in [-0.3, -0.25) is 0 Å². The fourth-order valence-electron chi connectivity index (χ4n) is 2.41. The van der Waals surface area contributed by atoms with Crippen LogP contribution in [0.3, 0.4) is 0 Å². The number of carbonyl (C=O) groups is 1. The van der Waals surface area contributed by atoms with Gasteiger partial charge in [-0.25, -0.2) is 19.2 Å². The Morgan fingerprint density at radius 2 is 1.92 bits per heavy atom. The summed E-state index contributed by atoms with van der Waals surface area (Å²) in [5.41, 5.74) is 2.87. The first kappa shape index (κ1) is 19.6. The molecule has 1 aromatic carbocycles. The van der Waals surface area contributed by atoms with Gasteiger partial charge in [-0.2, -0.15) is 0 Å². The SMILES string of the molecule is CCCOC(=O)c1cnc2nc(C)ccc2c1Nc1ccc(F)cc1.Cl. The molecular formula is C19H19ClFN3O2. The lowest BCUT2D eigenvalue weighted by Crippen LogP contribution is -2.10. The van der Waals surface area contributed by atoms with E-state index in [1.54, 1.807) is 12.1 Å². The summed E-state index contributed by atoms with van der Waals surface area (Å²) in [6, 6.07) is 9.61. The van der Waals surface area contributed by atoms with Gasteiger partial charge in [0.15, 0.2) is 5.65 Å². The van der Waals surface area contributed by atoms with Gasteiger partial charge in [-0.1, -0.05) is 6.92 Å².